The van der Waals surface area contributed by atoms with Crippen LogP contribution in [0.5, 0.6) is 5.75 Å². The van der Waals surface area contributed by atoms with Crippen LogP contribution in [0.2, 0.25) is 5.15 Å². The first-order valence-corrected chi connectivity index (χ1v) is 26.3. The Morgan fingerprint density at radius 2 is 1.43 bits per heavy atom. The monoisotopic (exact) mass is 964 g/mol. The second-order valence-corrected chi connectivity index (χ2v) is 21.1. The predicted octanol–water partition coefficient (Wildman–Crippen LogP) is 8.10. The summed E-state index contributed by atoms with van der Waals surface area (Å²) in [5.41, 5.74) is 9.17. The number of hydrogen-bond donors (Lipinski definition) is 3. The first-order valence-electron chi connectivity index (χ1n) is 25.9. The molecule has 1 aromatic carbocycles. The summed E-state index contributed by atoms with van der Waals surface area (Å²) in [4.78, 5) is 37.5. The summed E-state index contributed by atoms with van der Waals surface area (Å²) >= 11 is 5.77. The molecule has 70 heavy (non-hydrogen) atoms. The lowest BCUT2D eigenvalue weighted by Crippen LogP contribution is -2.44. The summed E-state index contributed by atoms with van der Waals surface area (Å²) in [7, 11) is 4.34. The standard InChI is InChI=1S/C13H13N3.C11H13ClN2.C11H14N2O.C11H16N2O.C10H14N2/c1-2-16-13-5-11-9-3-8(6-14-7-9)10(11)4-12(13)15-1;12-11-4-1-7(6-13-11)9-5-8-2-3-10(9)14-8;14-11-3-1-2-10-9-4-8(5-12-6-9)7-13(10)11;1-13-7-3-4-10(13)9-14-11-5-2-6-12-8-11;1-12-7-3-5-10(12)9-4-2-6-11-8-9/h1-2,4-5,8-9,14H,3,6-7H2;1,4,6,8-10,14H,2-3,5H2;1-3,8-9,12H,4-7H2;2,5-6,8,10H,3-4,7,9H2,1H3;2,4,6,8,10H,3,5,7H2,1H3/t;;8-,9?;2*10-/m..000/s1. The summed E-state index contributed by atoms with van der Waals surface area (Å²) in [5.74, 6) is 4.13. The Balaban J connectivity index is 0.000000102. The minimum absolute atomic E-state index is 0.166. The van der Waals surface area contributed by atoms with Gasteiger partial charge in [-0.2, -0.15) is 0 Å². The number of aromatic nitrogens is 6. The van der Waals surface area contributed by atoms with Gasteiger partial charge in [0, 0.05) is 111 Å². The SMILES string of the molecule is CN1CCC[C@H]1COc1cccnc1.CN1CCC[C@H]1c1cccnc1.Clc1ccc(C2CC3CCC2N3)cn1.O=c1cccc2n1C[C@@H]1CNCC2C1.c1cnc2cc3c(cc2n1)C1CNCC3C1. The van der Waals surface area contributed by atoms with Gasteiger partial charge in [-0.05, 0) is 174 Å². The molecule has 6 unspecified atom stereocenters. The predicted molar refractivity (Wildman–Crippen MR) is 278 cm³/mol. The number of likely N-dealkylation sites (tertiary alicyclic amines) is 2. The number of pyridine rings is 4. The van der Waals surface area contributed by atoms with Gasteiger partial charge in [-0.1, -0.05) is 29.8 Å². The first-order chi connectivity index (χ1) is 34.3. The van der Waals surface area contributed by atoms with Crippen LogP contribution in [0.4, 0.5) is 0 Å². The van der Waals surface area contributed by atoms with Gasteiger partial charge in [-0.25, -0.2) is 4.98 Å². The highest BCUT2D eigenvalue weighted by atomic mass is 35.5. The minimum atomic E-state index is 0.166. The van der Waals surface area contributed by atoms with Crippen LogP contribution < -0.4 is 26.2 Å². The topological polar surface area (TPSA) is 138 Å². The molecule has 6 saturated heterocycles. The van der Waals surface area contributed by atoms with Gasteiger partial charge in [-0.3, -0.25) is 29.6 Å². The highest BCUT2D eigenvalue weighted by Gasteiger charge is 2.40. The normalized spacial score (nSPS) is 27.8. The van der Waals surface area contributed by atoms with Gasteiger partial charge in [0.1, 0.15) is 17.5 Å². The van der Waals surface area contributed by atoms with Crippen LogP contribution in [-0.2, 0) is 6.54 Å². The third-order valence-corrected chi connectivity index (χ3v) is 16.3. The third kappa shape index (κ3) is 11.6. The number of piperidine rings is 2. The lowest BCUT2D eigenvalue weighted by atomic mass is 9.84. The van der Waals surface area contributed by atoms with Crippen LogP contribution in [0.25, 0.3) is 11.0 Å². The fourth-order valence-electron chi connectivity index (χ4n) is 12.4. The van der Waals surface area contributed by atoms with Gasteiger partial charge in [0.15, 0.2) is 0 Å². The van der Waals surface area contributed by atoms with Crippen molar-refractivity contribution in [3.63, 3.8) is 0 Å². The van der Waals surface area contributed by atoms with Crippen LogP contribution >= 0.6 is 11.6 Å². The Bertz CT molecular complexity index is 2630. The molecule has 6 fully saturated rings. The third-order valence-electron chi connectivity index (χ3n) is 16.1. The average molecular weight is 965 g/mol. The van der Waals surface area contributed by atoms with E-state index in [4.69, 9.17) is 16.3 Å². The number of rotatable bonds is 5. The molecule has 1 aliphatic carbocycles. The number of nitrogens with one attached hydrogen (secondary N) is 3. The number of likely N-dealkylation sites (N-methyl/N-ethyl adjacent to an activating group) is 1. The lowest BCUT2D eigenvalue weighted by Gasteiger charge is -2.37. The maximum atomic E-state index is 11.6. The maximum absolute atomic E-state index is 11.6. The summed E-state index contributed by atoms with van der Waals surface area (Å²) in [6.45, 7) is 8.43. The molecular formula is C56H70ClN11O2. The van der Waals surface area contributed by atoms with E-state index in [9.17, 15) is 4.79 Å². The van der Waals surface area contributed by atoms with Crippen LogP contribution in [0.1, 0.15) is 115 Å². The van der Waals surface area contributed by atoms with Crippen LogP contribution in [0.3, 0.4) is 0 Å². The Kier molecular flexibility index (Phi) is 15.9. The fourth-order valence-corrected chi connectivity index (χ4v) is 12.5. The van der Waals surface area contributed by atoms with Crippen molar-refractivity contribution in [1.82, 2.24) is 55.2 Å². The van der Waals surface area contributed by atoms with E-state index in [1.54, 1.807) is 30.9 Å². The quantitative estimate of drug-likeness (QED) is 0.144. The zero-order chi connectivity index (χ0) is 47.8. The molecular weight excluding hydrogens is 894 g/mol. The molecule has 0 spiro atoms. The lowest BCUT2D eigenvalue weighted by molar-refractivity contribution is 0.198. The molecule has 7 aliphatic heterocycles. The van der Waals surface area contributed by atoms with Crippen molar-refractivity contribution in [2.45, 2.75) is 112 Å². The molecule has 5 aromatic heterocycles. The van der Waals surface area contributed by atoms with E-state index < -0.39 is 0 Å². The molecule has 0 radical (unpaired) electrons. The van der Waals surface area contributed by atoms with Crippen molar-refractivity contribution in [3.8, 4) is 5.75 Å². The molecule has 0 amide bonds. The molecule has 0 saturated carbocycles. The van der Waals surface area contributed by atoms with E-state index in [1.807, 2.05) is 53.5 Å². The Morgan fingerprint density at radius 1 is 0.686 bits per heavy atom. The van der Waals surface area contributed by atoms with E-state index in [0.717, 1.165) is 62.2 Å². The average Bonchev–Trinajstić information content (AvgIpc) is 4.27. The maximum Gasteiger partial charge on any atom is 0.250 e. The number of nitrogens with zero attached hydrogens (tertiary/aromatic N) is 8. The van der Waals surface area contributed by atoms with Crippen molar-refractivity contribution in [3.05, 3.63) is 154 Å². The van der Waals surface area contributed by atoms with Gasteiger partial charge in [0.2, 0.25) is 0 Å². The van der Waals surface area contributed by atoms with Crippen molar-refractivity contribution in [2.24, 2.45) is 5.92 Å². The van der Waals surface area contributed by atoms with E-state index in [-0.39, 0.29) is 5.56 Å². The Labute approximate surface area is 418 Å². The van der Waals surface area contributed by atoms with Gasteiger partial charge in [-0.15, -0.1) is 0 Å². The molecule has 14 heteroatoms. The largest absolute Gasteiger partial charge is 0.490 e. The van der Waals surface area contributed by atoms with Crippen LogP contribution in [0, 0.1) is 5.92 Å². The zero-order valence-corrected chi connectivity index (χ0v) is 41.6. The molecule has 9 atom stereocenters. The highest BCUT2D eigenvalue weighted by Crippen LogP contribution is 2.44. The second-order valence-electron chi connectivity index (χ2n) is 20.7. The molecule has 14 rings (SSSR count). The summed E-state index contributed by atoms with van der Waals surface area (Å²) < 4.78 is 7.61. The number of benzene rings is 1. The number of fused-ring (bicyclic) bond motifs is 12. The van der Waals surface area contributed by atoms with E-state index in [1.165, 1.54) is 98.8 Å². The van der Waals surface area contributed by atoms with Crippen LogP contribution in [-0.4, -0.2) is 117 Å². The van der Waals surface area contributed by atoms with Crippen molar-refractivity contribution in [2.75, 3.05) is 60.0 Å². The zero-order valence-electron chi connectivity index (χ0n) is 40.9. The van der Waals surface area contributed by atoms with E-state index >= 15 is 0 Å². The molecule has 368 valence electrons. The molecule has 8 aliphatic rings. The van der Waals surface area contributed by atoms with E-state index in [2.05, 4.69) is 95.1 Å². The summed E-state index contributed by atoms with van der Waals surface area (Å²) in [5, 5.41) is 11.2. The Hall–Kier alpha value is -5.15. The van der Waals surface area contributed by atoms with Crippen molar-refractivity contribution in [1.29, 1.82) is 0 Å². The second kappa shape index (κ2) is 22.9. The van der Waals surface area contributed by atoms with Crippen LogP contribution in [0.15, 0.2) is 115 Å². The number of ether oxygens (including phenoxy) is 1. The number of hydrogen-bond acceptors (Lipinski definition) is 12. The van der Waals surface area contributed by atoms with Crippen molar-refractivity contribution < 1.29 is 4.74 Å². The van der Waals surface area contributed by atoms with Gasteiger partial charge >= 0.3 is 0 Å². The van der Waals surface area contributed by atoms with Gasteiger partial charge < -0.3 is 30.2 Å². The van der Waals surface area contributed by atoms with Crippen molar-refractivity contribution >= 4 is 22.6 Å². The first kappa shape index (κ1) is 48.5. The molecule has 13 nitrogen and oxygen atoms in total. The fraction of sp³-hybridized carbons (Fsp3) is 0.500. The summed E-state index contributed by atoms with van der Waals surface area (Å²) in [6, 6.07) is 24.8. The minimum Gasteiger partial charge on any atom is -0.490 e. The molecule has 3 N–H and O–H groups in total. The van der Waals surface area contributed by atoms with Gasteiger partial charge in [0.25, 0.3) is 5.56 Å². The number of halogens is 1. The Morgan fingerprint density at radius 3 is 2.07 bits per heavy atom. The summed E-state index contributed by atoms with van der Waals surface area (Å²) in [6.07, 6.45) is 24.4. The van der Waals surface area contributed by atoms with Gasteiger partial charge in [0.05, 0.1) is 17.2 Å². The smallest absolute Gasteiger partial charge is 0.250 e. The molecule has 6 aromatic rings. The molecule has 12 heterocycles. The van der Waals surface area contributed by atoms with E-state index in [0.29, 0.717) is 52.9 Å². The highest BCUT2D eigenvalue weighted by molar-refractivity contribution is 6.29. The molecule has 6 bridgehead atoms.